The molecule has 0 aliphatic heterocycles. The number of carboxylic acids is 1. The molecule has 1 N–H and O–H groups in total. The van der Waals surface area contributed by atoms with Crippen LogP contribution in [-0.2, 0) is 4.79 Å². The highest BCUT2D eigenvalue weighted by molar-refractivity contribution is 7.21. The van der Waals surface area contributed by atoms with Gasteiger partial charge in [-0.15, -0.1) is 11.3 Å². The number of carbonyl (C=O) groups is 2. The normalized spacial score (nSPS) is 15.2. The lowest BCUT2D eigenvalue weighted by Gasteiger charge is -2.25. The quantitative estimate of drug-likeness (QED) is 0.755. The standard InChI is InChI=1S/C18H16N2O4S/c1-10(18(22)23)20(11-6-7-11)17(21)14-9-8-13(24-14)16-19-12-4-2-3-5-15(12)25-16/h2-5,8-11H,6-7H2,1H3,(H,22,23). The van der Waals surface area contributed by atoms with Crippen LogP contribution >= 0.6 is 11.3 Å². The summed E-state index contributed by atoms with van der Waals surface area (Å²) < 4.78 is 6.76. The second-order valence-corrected chi connectivity index (χ2v) is 7.14. The Morgan fingerprint density at radius 2 is 2.04 bits per heavy atom. The zero-order valence-corrected chi connectivity index (χ0v) is 14.3. The Labute approximate surface area is 147 Å². The van der Waals surface area contributed by atoms with Gasteiger partial charge in [0.25, 0.3) is 5.91 Å². The topological polar surface area (TPSA) is 83.6 Å². The zero-order valence-electron chi connectivity index (χ0n) is 13.5. The van der Waals surface area contributed by atoms with Gasteiger partial charge in [-0.05, 0) is 44.0 Å². The van der Waals surface area contributed by atoms with Gasteiger partial charge < -0.3 is 14.4 Å². The van der Waals surface area contributed by atoms with Gasteiger partial charge in [0.2, 0.25) is 0 Å². The molecule has 6 nitrogen and oxygen atoms in total. The molecule has 2 heterocycles. The van der Waals surface area contributed by atoms with Gasteiger partial charge in [0.15, 0.2) is 16.5 Å². The minimum Gasteiger partial charge on any atom is -0.480 e. The molecule has 7 heteroatoms. The minimum atomic E-state index is -1.02. The third kappa shape index (κ3) is 2.91. The molecule has 0 saturated heterocycles. The Morgan fingerprint density at radius 1 is 1.28 bits per heavy atom. The van der Waals surface area contributed by atoms with Crippen LogP contribution in [0.5, 0.6) is 0 Å². The number of hydrogen-bond acceptors (Lipinski definition) is 5. The molecule has 0 spiro atoms. The summed E-state index contributed by atoms with van der Waals surface area (Å²) in [5, 5.41) is 9.95. The van der Waals surface area contributed by atoms with E-state index in [1.807, 2.05) is 24.3 Å². The number of para-hydroxylation sites is 1. The van der Waals surface area contributed by atoms with Crippen molar-refractivity contribution < 1.29 is 19.1 Å². The van der Waals surface area contributed by atoms with Gasteiger partial charge in [0.1, 0.15) is 6.04 Å². The van der Waals surface area contributed by atoms with E-state index in [2.05, 4.69) is 4.98 Å². The molecule has 25 heavy (non-hydrogen) atoms. The second-order valence-electron chi connectivity index (χ2n) is 6.11. The molecule has 2 aromatic heterocycles. The van der Waals surface area contributed by atoms with Crippen LogP contribution < -0.4 is 0 Å². The number of hydrogen-bond donors (Lipinski definition) is 1. The number of aromatic nitrogens is 1. The number of carbonyl (C=O) groups excluding carboxylic acids is 1. The van der Waals surface area contributed by atoms with Gasteiger partial charge in [0.05, 0.1) is 10.2 Å². The highest BCUT2D eigenvalue weighted by atomic mass is 32.1. The lowest BCUT2D eigenvalue weighted by molar-refractivity contribution is -0.141. The van der Waals surface area contributed by atoms with Crippen molar-refractivity contribution in [2.75, 3.05) is 0 Å². The first-order chi connectivity index (χ1) is 12.0. The lowest BCUT2D eigenvalue weighted by atomic mass is 10.2. The molecular formula is C18H16N2O4S. The fourth-order valence-corrected chi connectivity index (χ4v) is 3.73. The summed E-state index contributed by atoms with van der Waals surface area (Å²) >= 11 is 1.49. The smallest absolute Gasteiger partial charge is 0.326 e. The van der Waals surface area contributed by atoms with E-state index in [9.17, 15) is 14.7 Å². The molecule has 1 fully saturated rings. The van der Waals surface area contributed by atoms with Gasteiger partial charge >= 0.3 is 5.97 Å². The molecule has 1 atom stereocenters. The maximum atomic E-state index is 12.7. The molecule has 3 aromatic rings. The highest BCUT2D eigenvalue weighted by Gasteiger charge is 2.39. The molecule has 1 unspecified atom stereocenters. The third-order valence-corrected chi connectivity index (χ3v) is 5.32. The molecule has 1 aromatic carbocycles. The summed E-state index contributed by atoms with van der Waals surface area (Å²) in [5.41, 5.74) is 0.880. The Morgan fingerprint density at radius 3 is 2.72 bits per heavy atom. The van der Waals surface area contributed by atoms with E-state index in [1.165, 1.54) is 23.2 Å². The number of rotatable bonds is 5. The van der Waals surface area contributed by atoms with Crippen molar-refractivity contribution in [3.8, 4) is 10.8 Å². The first-order valence-corrected chi connectivity index (χ1v) is 8.87. The predicted octanol–water partition coefficient (Wildman–Crippen LogP) is 3.63. The average molecular weight is 356 g/mol. The fraction of sp³-hybridized carbons (Fsp3) is 0.278. The molecule has 1 aliphatic rings. The number of benzene rings is 1. The van der Waals surface area contributed by atoms with E-state index in [0.29, 0.717) is 10.8 Å². The summed E-state index contributed by atoms with van der Waals surface area (Å²) in [5.74, 6) is -0.736. The minimum absolute atomic E-state index is 0.0189. The monoisotopic (exact) mass is 356 g/mol. The first kappa shape index (κ1) is 15.8. The van der Waals surface area contributed by atoms with Crippen molar-refractivity contribution in [1.82, 2.24) is 9.88 Å². The second kappa shape index (κ2) is 6.00. The van der Waals surface area contributed by atoms with Gasteiger partial charge in [-0.1, -0.05) is 12.1 Å². The van der Waals surface area contributed by atoms with E-state index in [4.69, 9.17) is 4.42 Å². The van der Waals surface area contributed by atoms with Crippen molar-refractivity contribution >= 4 is 33.4 Å². The summed E-state index contributed by atoms with van der Waals surface area (Å²) in [6.07, 6.45) is 1.66. The number of furan rings is 1. The zero-order chi connectivity index (χ0) is 17.6. The molecule has 1 amide bonds. The summed E-state index contributed by atoms with van der Waals surface area (Å²) in [6, 6.07) is 10.2. The Bertz CT molecular complexity index is 924. The van der Waals surface area contributed by atoms with Crippen LogP contribution in [-0.4, -0.2) is 39.0 Å². The number of nitrogens with zero attached hydrogens (tertiary/aromatic N) is 2. The summed E-state index contributed by atoms with van der Waals surface area (Å²) in [4.78, 5) is 30.0. The van der Waals surface area contributed by atoms with Crippen LogP contribution in [0.2, 0.25) is 0 Å². The third-order valence-electron chi connectivity index (χ3n) is 4.27. The lowest BCUT2D eigenvalue weighted by Crippen LogP contribution is -2.44. The molecule has 0 radical (unpaired) electrons. The van der Waals surface area contributed by atoms with Gasteiger partial charge in [-0.2, -0.15) is 0 Å². The van der Waals surface area contributed by atoms with E-state index < -0.39 is 12.0 Å². The largest absolute Gasteiger partial charge is 0.480 e. The molecule has 0 bridgehead atoms. The number of fused-ring (bicyclic) bond motifs is 1. The number of amides is 1. The maximum Gasteiger partial charge on any atom is 0.326 e. The van der Waals surface area contributed by atoms with Crippen molar-refractivity contribution in [3.63, 3.8) is 0 Å². The van der Waals surface area contributed by atoms with Gasteiger partial charge in [-0.3, -0.25) is 4.79 Å². The molecule has 1 aliphatic carbocycles. The van der Waals surface area contributed by atoms with Gasteiger partial charge in [0, 0.05) is 6.04 Å². The van der Waals surface area contributed by atoms with E-state index >= 15 is 0 Å². The van der Waals surface area contributed by atoms with Crippen LogP contribution in [0.3, 0.4) is 0 Å². The van der Waals surface area contributed by atoms with Crippen LogP contribution in [0.1, 0.15) is 30.3 Å². The fourth-order valence-electron chi connectivity index (χ4n) is 2.80. The maximum absolute atomic E-state index is 12.7. The predicted molar refractivity (Wildman–Crippen MR) is 93.6 cm³/mol. The van der Waals surface area contributed by atoms with Crippen LogP contribution in [0, 0.1) is 0 Å². The van der Waals surface area contributed by atoms with Crippen molar-refractivity contribution in [1.29, 1.82) is 0 Å². The van der Waals surface area contributed by atoms with Crippen molar-refractivity contribution in [2.24, 2.45) is 0 Å². The molecule has 128 valence electrons. The number of aliphatic carboxylic acids is 1. The number of thiazole rings is 1. The van der Waals surface area contributed by atoms with E-state index in [-0.39, 0.29) is 17.7 Å². The SMILES string of the molecule is CC(C(=O)O)N(C(=O)c1ccc(-c2nc3ccccc3s2)o1)C1CC1. The Hall–Kier alpha value is -2.67. The van der Waals surface area contributed by atoms with Crippen LogP contribution in [0.4, 0.5) is 0 Å². The highest BCUT2D eigenvalue weighted by Crippen LogP contribution is 2.33. The molecular weight excluding hydrogens is 340 g/mol. The van der Waals surface area contributed by atoms with Crippen LogP contribution in [0.25, 0.3) is 21.0 Å². The Kier molecular flexibility index (Phi) is 3.80. The average Bonchev–Trinajstić information content (AvgIpc) is 3.14. The molecule has 1 saturated carbocycles. The van der Waals surface area contributed by atoms with Gasteiger partial charge in [-0.25, -0.2) is 9.78 Å². The summed E-state index contributed by atoms with van der Waals surface area (Å²) in [7, 11) is 0. The first-order valence-electron chi connectivity index (χ1n) is 8.06. The van der Waals surface area contributed by atoms with E-state index in [0.717, 1.165) is 23.1 Å². The van der Waals surface area contributed by atoms with E-state index in [1.54, 1.807) is 12.1 Å². The van der Waals surface area contributed by atoms with Crippen LogP contribution in [0.15, 0.2) is 40.8 Å². The summed E-state index contributed by atoms with van der Waals surface area (Å²) in [6.45, 7) is 1.52. The van der Waals surface area contributed by atoms with Crippen molar-refractivity contribution in [2.45, 2.75) is 31.8 Å². The number of carboxylic acid groups (broad SMARTS) is 1. The van der Waals surface area contributed by atoms with Crippen molar-refractivity contribution in [3.05, 3.63) is 42.2 Å². The molecule has 4 rings (SSSR count). The Balaban J connectivity index is 1.63.